The van der Waals surface area contributed by atoms with Crippen LogP contribution < -0.4 is 29.6 Å². The number of hydrogen-bond donors (Lipinski definition) is 2. The summed E-state index contributed by atoms with van der Waals surface area (Å²) in [5.41, 5.74) is 1.72. The van der Waals surface area contributed by atoms with Crippen molar-refractivity contribution in [3.8, 4) is 23.0 Å². The fourth-order valence-corrected chi connectivity index (χ4v) is 5.00. The monoisotopic (exact) mass is 593 g/mol. The molecule has 3 aromatic rings. The first-order valence-electron chi connectivity index (χ1n) is 13.6. The second-order valence-electron chi connectivity index (χ2n) is 10.0. The smallest absolute Gasteiger partial charge is 0.260 e. The van der Waals surface area contributed by atoms with Crippen LogP contribution in [0.5, 0.6) is 23.0 Å². The first-order valence-corrected chi connectivity index (χ1v) is 14.0. The van der Waals surface area contributed by atoms with Crippen LogP contribution in [0.4, 0.5) is 0 Å². The highest BCUT2D eigenvalue weighted by Gasteiger charge is 2.38. The Morgan fingerprint density at radius 2 is 1.76 bits per heavy atom. The molecule has 0 saturated carbocycles. The third kappa shape index (κ3) is 7.44. The predicted octanol–water partition coefficient (Wildman–Crippen LogP) is 3.14. The van der Waals surface area contributed by atoms with Crippen LogP contribution in [0, 0.1) is 0 Å². The molecule has 0 aromatic heterocycles. The van der Waals surface area contributed by atoms with Gasteiger partial charge in [0.2, 0.25) is 5.91 Å². The minimum atomic E-state index is -0.480. The Morgan fingerprint density at radius 3 is 2.55 bits per heavy atom. The lowest BCUT2D eigenvalue weighted by Crippen LogP contribution is -2.45. The summed E-state index contributed by atoms with van der Waals surface area (Å²) in [5.74, 6) is 1.22. The van der Waals surface area contributed by atoms with Crippen LogP contribution in [0.3, 0.4) is 0 Å². The molecule has 2 N–H and O–H groups in total. The van der Waals surface area contributed by atoms with Gasteiger partial charge in [0, 0.05) is 19.5 Å². The molecule has 0 unspecified atom stereocenters. The molecule has 10 nitrogen and oxygen atoms in total. The van der Waals surface area contributed by atoms with Gasteiger partial charge in [0.15, 0.2) is 24.7 Å². The zero-order valence-electron chi connectivity index (χ0n) is 23.1. The van der Waals surface area contributed by atoms with E-state index in [1.807, 2.05) is 18.2 Å². The first-order chi connectivity index (χ1) is 20.4. The molecule has 3 amide bonds. The van der Waals surface area contributed by atoms with Crippen molar-refractivity contribution < 1.29 is 33.3 Å². The zero-order valence-corrected chi connectivity index (χ0v) is 23.9. The molecule has 0 radical (unpaired) electrons. The van der Waals surface area contributed by atoms with Gasteiger partial charge in [-0.15, -0.1) is 0 Å². The number of rotatable bonds is 4. The van der Waals surface area contributed by atoms with Gasteiger partial charge in [-0.2, -0.15) is 0 Å². The molecule has 3 aliphatic heterocycles. The van der Waals surface area contributed by atoms with Gasteiger partial charge in [0.1, 0.15) is 17.6 Å². The van der Waals surface area contributed by atoms with E-state index in [1.165, 1.54) is 7.11 Å². The third-order valence-electron chi connectivity index (χ3n) is 7.08. The lowest BCUT2D eigenvalue weighted by Gasteiger charge is -2.21. The molecular formula is C31H32ClN3O7. The van der Waals surface area contributed by atoms with Gasteiger partial charge in [0.05, 0.1) is 24.7 Å². The third-order valence-corrected chi connectivity index (χ3v) is 7.39. The molecule has 11 heteroatoms. The van der Waals surface area contributed by atoms with E-state index in [0.29, 0.717) is 41.0 Å². The van der Waals surface area contributed by atoms with Gasteiger partial charge < -0.3 is 34.5 Å². The molecule has 4 bridgehead atoms. The van der Waals surface area contributed by atoms with E-state index >= 15 is 0 Å². The van der Waals surface area contributed by atoms with Crippen molar-refractivity contribution in [1.29, 1.82) is 0 Å². The van der Waals surface area contributed by atoms with Gasteiger partial charge in [0.25, 0.3) is 11.8 Å². The van der Waals surface area contributed by atoms with Crippen molar-refractivity contribution in [2.45, 2.75) is 31.5 Å². The van der Waals surface area contributed by atoms with E-state index < -0.39 is 12.1 Å². The number of methoxy groups -OCH3 is 1. The van der Waals surface area contributed by atoms with Crippen molar-refractivity contribution in [2.75, 3.05) is 33.4 Å². The van der Waals surface area contributed by atoms with E-state index in [9.17, 15) is 14.4 Å². The Morgan fingerprint density at radius 1 is 0.976 bits per heavy atom. The van der Waals surface area contributed by atoms with Crippen molar-refractivity contribution in [3.05, 3.63) is 82.9 Å². The first kappa shape index (κ1) is 29.1. The largest absolute Gasteiger partial charge is 0.493 e. The van der Waals surface area contributed by atoms with Crippen molar-refractivity contribution in [3.63, 3.8) is 0 Å². The summed E-state index contributed by atoms with van der Waals surface area (Å²) >= 11 is 6.16. The molecule has 1 fully saturated rings. The SMILES string of the molecule is COc1ccc2cc1OCC(=O)NCc1ccc(cc1)O[C@H]1CN(C(=O)COc3ccccc3Cl)C[C@@H]1NC(=O)CC2. The highest BCUT2D eigenvalue weighted by Crippen LogP contribution is 2.29. The van der Waals surface area contributed by atoms with E-state index in [2.05, 4.69) is 10.6 Å². The number of aryl methyl sites for hydroxylation is 1. The van der Waals surface area contributed by atoms with Crippen LogP contribution in [0.15, 0.2) is 66.7 Å². The number of hydrogen-bond acceptors (Lipinski definition) is 7. The quantitative estimate of drug-likeness (QED) is 0.478. The van der Waals surface area contributed by atoms with Crippen LogP contribution in [0.2, 0.25) is 5.02 Å². The minimum absolute atomic E-state index is 0.177. The standard InChI is InChI=1S/C31H32ClN3O7/c1-39-26-12-8-20-9-13-29(36)34-24-16-35(31(38)19-41-25-5-3-2-4-23(25)32)17-28(24)42-22-10-6-21(7-11-22)15-33-30(37)18-40-27(26)14-20/h2-8,10-12,14,24,28H,9,13,15-19H2,1H3,(H,33,37)(H,34,36)/t24-,28-/m0/s1. The van der Waals surface area contributed by atoms with E-state index in [1.54, 1.807) is 53.4 Å². The average molecular weight is 594 g/mol. The van der Waals surface area contributed by atoms with Gasteiger partial charge in [-0.1, -0.05) is 41.9 Å². The lowest BCUT2D eigenvalue weighted by molar-refractivity contribution is -0.132. The maximum Gasteiger partial charge on any atom is 0.260 e. The zero-order chi connectivity index (χ0) is 29.5. The van der Waals surface area contributed by atoms with Crippen LogP contribution >= 0.6 is 11.6 Å². The Labute approximate surface area is 248 Å². The summed E-state index contributed by atoms with van der Waals surface area (Å²) in [7, 11) is 1.53. The topological polar surface area (TPSA) is 115 Å². The molecule has 3 heterocycles. The highest BCUT2D eigenvalue weighted by molar-refractivity contribution is 6.32. The number of halogens is 1. The summed E-state index contributed by atoms with van der Waals surface area (Å²) in [6, 6.07) is 19.2. The maximum atomic E-state index is 13.1. The number of ether oxygens (including phenoxy) is 4. The lowest BCUT2D eigenvalue weighted by atomic mass is 10.1. The second kappa shape index (κ2) is 13.5. The molecule has 42 heavy (non-hydrogen) atoms. The number of nitrogens with zero attached hydrogens (tertiary/aromatic N) is 1. The van der Waals surface area contributed by atoms with Crippen LogP contribution in [0.25, 0.3) is 0 Å². The summed E-state index contributed by atoms with van der Waals surface area (Å²) in [5, 5.41) is 6.32. The summed E-state index contributed by atoms with van der Waals surface area (Å²) in [6.45, 7) is 0.483. The number of fused-ring (bicyclic) bond motifs is 9. The number of amides is 3. The Balaban J connectivity index is 1.32. The predicted molar refractivity (Wildman–Crippen MR) is 155 cm³/mol. The van der Waals surface area contributed by atoms with E-state index in [0.717, 1.165) is 11.1 Å². The number of carbonyl (C=O) groups excluding carboxylic acids is 3. The fourth-order valence-electron chi connectivity index (χ4n) is 4.81. The molecule has 2 atom stereocenters. The highest BCUT2D eigenvalue weighted by atomic mass is 35.5. The van der Waals surface area contributed by atoms with Gasteiger partial charge in [-0.25, -0.2) is 0 Å². The summed E-state index contributed by atoms with van der Waals surface area (Å²) in [4.78, 5) is 40.2. The van der Waals surface area contributed by atoms with Crippen LogP contribution in [-0.2, 0) is 27.3 Å². The van der Waals surface area contributed by atoms with Crippen molar-refractivity contribution in [2.24, 2.45) is 0 Å². The maximum absolute atomic E-state index is 13.1. The average Bonchev–Trinajstić information content (AvgIpc) is 3.39. The minimum Gasteiger partial charge on any atom is -0.493 e. The second-order valence-corrected chi connectivity index (χ2v) is 10.4. The Bertz CT molecular complexity index is 1430. The van der Waals surface area contributed by atoms with Gasteiger partial charge >= 0.3 is 0 Å². The van der Waals surface area contributed by atoms with Gasteiger partial charge in [-0.05, 0) is 53.9 Å². The number of para-hydroxylation sites is 1. The van der Waals surface area contributed by atoms with Crippen molar-refractivity contribution in [1.82, 2.24) is 15.5 Å². The molecule has 220 valence electrons. The van der Waals surface area contributed by atoms with Crippen LogP contribution in [-0.4, -0.2) is 68.2 Å². The Kier molecular flexibility index (Phi) is 9.33. The van der Waals surface area contributed by atoms with E-state index in [-0.39, 0.29) is 50.4 Å². The molecule has 0 aliphatic carbocycles. The number of benzene rings is 3. The summed E-state index contributed by atoms with van der Waals surface area (Å²) in [6.07, 6.45) is 0.159. The number of likely N-dealkylation sites (tertiary alicyclic amines) is 1. The molecule has 3 aromatic carbocycles. The Hall–Kier alpha value is -4.44. The number of carbonyl (C=O) groups is 3. The summed E-state index contributed by atoms with van der Waals surface area (Å²) < 4.78 is 23.0. The van der Waals surface area contributed by atoms with Crippen molar-refractivity contribution >= 4 is 29.3 Å². The molecule has 0 spiro atoms. The molecular weight excluding hydrogens is 562 g/mol. The number of nitrogens with one attached hydrogen (secondary N) is 2. The van der Waals surface area contributed by atoms with Crippen LogP contribution in [0.1, 0.15) is 17.5 Å². The normalized spacial score (nSPS) is 19.1. The molecule has 6 rings (SSSR count). The molecule has 1 saturated heterocycles. The molecule has 3 aliphatic rings. The fraction of sp³-hybridized carbons (Fsp3) is 0.323. The van der Waals surface area contributed by atoms with Gasteiger partial charge in [-0.3, -0.25) is 14.4 Å². The van der Waals surface area contributed by atoms with E-state index in [4.69, 9.17) is 30.5 Å².